The maximum Gasteiger partial charge on any atom is 0.324 e. The van der Waals surface area contributed by atoms with Gasteiger partial charge >= 0.3 is 5.97 Å². The summed E-state index contributed by atoms with van der Waals surface area (Å²) in [4.78, 5) is 38.1. The Morgan fingerprint density at radius 3 is 2.20 bits per heavy atom. The van der Waals surface area contributed by atoms with Crippen LogP contribution in [0.5, 0.6) is 0 Å². The van der Waals surface area contributed by atoms with Crippen LogP contribution in [0.25, 0.3) is 5.69 Å². The van der Waals surface area contributed by atoms with Crippen molar-refractivity contribution in [3.8, 4) is 5.69 Å². The minimum absolute atomic E-state index is 0.0693. The molecule has 0 bridgehead atoms. The van der Waals surface area contributed by atoms with Gasteiger partial charge in [0.05, 0.1) is 5.56 Å². The number of carbonyl (C=O) groups excluding carboxylic acids is 1. The lowest BCUT2D eigenvalue weighted by molar-refractivity contribution is -0.148. The fourth-order valence-electron chi connectivity index (χ4n) is 5.71. The van der Waals surface area contributed by atoms with Gasteiger partial charge in [-0.25, -0.2) is 13.2 Å². The number of aliphatic carboxylic acids is 1. The van der Waals surface area contributed by atoms with E-state index in [-0.39, 0.29) is 35.1 Å². The van der Waals surface area contributed by atoms with Gasteiger partial charge in [0.2, 0.25) is 0 Å². The molecular formula is C30H32F3N3O4. The number of carboxylic acid groups (broad SMARTS) is 1. The Balaban J connectivity index is 1.68. The van der Waals surface area contributed by atoms with E-state index in [0.717, 1.165) is 62.1 Å². The Morgan fingerprint density at radius 1 is 1.05 bits per heavy atom. The molecule has 0 spiro atoms. The highest BCUT2D eigenvalue weighted by Crippen LogP contribution is 2.38. The van der Waals surface area contributed by atoms with Crippen LogP contribution in [0.1, 0.15) is 67.4 Å². The van der Waals surface area contributed by atoms with E-state index in [1.807, 2.05) is 13.8 Å². The molecule has 1 fully saturated rings. The summed E-state index contributed by atoms with van der Waals surface area (Å²) in [5.41, 5.74) is 3.25. The van der Waals surface area contributed by atoms with E-state index in [0.29, 0.717) is 11.0 Å². The fraction of sp³-hybridized carbons (Fsp3) is 0.367. The summed E-state index contributed by atoms with van der Waals surface area (Å²) in [5, 5.41) is 13.3. The molecule has 4 N–H and O–H groups in total. The smallest absolute Gasteiger partial charge is 0.324 e. The second-order valence-corrected chi connectivity index (χ2v) is 10.8. The summed E-state index contributed by atoms with van der Waals surface area (Å²) in [6.45, 7) is 3.75. The van der Waals surface area contributed by atoms with Crippen LogP contribution in [0.2, 0.25) is 0 Å². The molecule has 10 heteroatoms. The summed E-state index contributed by atoms with van der Waals surface area (Å²) in [5.74, 6) is -4.94. The number of aromatic nitrogens is 1. The highest BCUT2D eigenvalue weighted by Gasteiger charge is 2.46. The summed E-state index contributed by atoms with van der Waals surface area (Å²) in [6, 6.07) is 8.78. The number of nitrogens with two attached hydrogens (primary N) is 1. The minimum Gasteiger partial charge on any atom is -0.480 e. The van der Waals surface area contributed by atoms with Crippen LogP contribution in [0.4, 0.5) is 19.0 Å². The second-order valence-electron chi connectivity index (χ2n) is 10.8. The zero-order valence-electron chi connectivity index (χ0n) is 22.3. The Bertz CT molecular complexity index is 1460. The number of nitrogen functional groups attached to an aromatic ring is 1. The lowest BCUT2D eigenvalue weighted by Gasteiger charge is -2.38. The first-order chi connectivity index (χ1) is 18.9. The first-order valence-corrected chi connectivity index (χ1v) is 13.2. The summed E-state index contributed by atoms with van der Waals surface area (Å²) in [7, 11) is 0. The first-order valence-electron chi connectivity index (χ1n) is 13.2. The van der Waals surface area contributed by atoms with E-state index in [2.05, 4.69) is 5.32 Å². The Labute approximate surface area is 229 Å². The van der Waals surface area contributed by atoms with Crippen molar-refractivity contribution in [3.63, 3.8) is 0 Å². The quantitative estimate of drug-likeness (QED) is 0.296. The van der Waals surface area contributed by atoms with Gasteiger partial charge in [-0.15, -0.1) is 0 Å². The van der Waals surface area contributed by atoms with Crippen molar-refractivity contribution in [1.82, 2.24) is 9.88 Å². The molecule has 1 atom stereocenters. The number of nitrogens with zero attached hydrogens (tertiary/aromatic N) is 1. The normalized spacial score (nSPS) is 15.3. The number of nitrogens with one attached hydrogen (secondary N) is 1. The summed E-state index contributed by atoms with van der Waals surface area (Å²) in [6.07, 6.45) is 3.72. The largest absolute Gasteiger partial charge is 0.480 e. The summed E-state index contributed by atoms with van der Waals surface area (Å²) >= 11 is 0. The van der Waals surface area contributed by atoms with Gasteiger partial charge in [0.25, 0.3) is 5.56 Å². The fourth-order valence-corrected chi connectivity index (χ4v) is 5.71. The lowest BCUT2D eigenvalue weighted by atomic mass is 9.76. The molecule has 0 saturated heterocycles. The molecule has 40 heavy (non-hydrogen) atoms. The Hall–Kier alpha value is -3.92. The van der Waals surface area contributed by atoms with Gasteiger partial charge in [-0.2, -0.15) is 0 Å². The number of hydrogen-bond acceptors (Lipinski definition) is 5. The maximum atomic E-state index is 15.4. The number of hydrogen-bond donors (Lipinski definition) is 3. The van der Waals surface area contributed by atoms with Crippen LogP contribution >= 0.6 is 0 Å². The zero-order chi connectivity index (χ0) is 29.2. The standard InChI is InChI=1S/C30H32F3N3O4/c1-17(2)15-30(29(39)40,20-5-3-4-6-20)35-16-18-13-23(32)26(24(33)14-18)36-25(37)12-11-22(28(36)34)27(38)19-7-9-21(31)10-8-19/h7-14,17,20,35H,3-6,15-16,34H2,1-2H3,(H,39,40)/t30-/m0/s1. The van der Waals surface area contributed by atoms with Crippen molar-refractivity contribution in [2.45, 2.75) is 58.0 Å². The van der Waals surface area contributed by atoms with Crippen molar-refractivity contribution in [2.24, 2.45) is 11.8 Å². The van der Waals surface area contributed by atoms with Gasteiger partial charge < -0.3 is 10.8 Å². The molecule has 0 amide bonds. The topological polar surface area (TPSA) is 114 Å². The molecule has 7 nitrogen and oxygen atoms in total. The maximum absolute atomic E-state index is 15.4. The van der Waals surface area contributed by atoms with Gasteiger partial charge in [0.1, 0.15) is 22.9 Å². The molecule has 0 aliphatic heterocycles. The van der Waals surface area contributed by atoms with Gasteiger partial charge in [0, 0.05) is 18.2 Å². The molecule has 4 rings (SSSR count). The highest BCUT2D eigenvalue weighted by atomic mass is 19.1. The number of carboxylic acids is 1. The molecule has 1 aliphatic carbocycles. The number of carbonyl (C=O) groups is 2. The highest BCUT2D eigenvalue weighted by molar-refractivity contribution is 6.11. The van der Waals surface area contributed by atoms with E-state index in [4.69, 9.17) is 5.73 Å². The third-order valence-corrected chi connectivity index (χ3v) is 7.55. The Morgan fingerprint density at radius 2 is 1.65 bits per heavy atom. The van der Waals surface area contributed by atoms with Crippen LogP contribution in [-0.2, 0) is 11.3 Å². The van der Waals surface area contributed by atoms with Crippen molar-refractivity contribution >= 4 is 17.6 Å². The molecule has 0 radical (unpaired) electrons. The van der Waals surface area contributed by atoms with E-state index in [9.17, 15) is 23.9 Å². The number of benzene rings is 2. The van der Waals surface area contributed by atoms with Gasteiger partial charge in [-0.1, -0.05) is 26.7 Å². The SMILES string of the molecule is CC(C)C[C@@](NCc1cc(F)c(-n2c(N)c(C(=O)c3ccc(F)cc3)ccc2=O)c(F)c1)(C(=O)O)C1CCCC1. The molecule has 1 heterocycles. The predicted molar refractivity (Wildman–Crippen MR) is 145 cm³/mol. The average molecular weight is 556 g/mol. The molecule has 1 aromatic heterocycles. The van der Waals surface area contributed by atoms with Crippen LogP contribution in [0.3, 0.4) is 0 Å². The number of anilines is 1. The first kappa shape index (κ1) is 29.1. The molecule has 3 aromatic rings. The van der Waals surface area contributed by atoms with Crippen molar-refractivity contribution in [2.75, 3.05) is 5.73 Å². The number of rotatable bonds is 10. The van der Waals surface area contributed by atoms with Gasteiger partial charge in [-0.05, 0) is 79.1 Å². The van der Waals surface area contributed by atoms with Crippen LogP contribution < -0.4 is 16.6 Å². The molecular weight excluding hydrogens is 523 g/mol. The van der Waals surface area contributed by atoms with Crippen molar-refractivity contribution in [3.05, 3.63) is 93.0 Å². The molecule has 1 aliphatic rings. The Kier molecular flexibility index (Phi) is 8.48. The molecule has 1 saturated carbocycles. The van der Waals surface area contributed by atoms with E-state index >= 15 is 8.78 Å². The van der Waals surface area contributed by atoms with E-state index in [1.54, 1.807) is 0 Å². The number of ketones is 1. The van der Waals surface area contributed by atoms with Crippen molar-refractivity contribution < 1.29 is 27.9 Å². The predicted octanol–water partition coefficient (Wildman–Crippen LogP) is 5.22. The zero-order valence-corrected chi connectivity index (χ0v) is 22.3. The van der Waals surface area contributed by atoms with Crippen LogP contribution in [0, 0.1) is 29.3 Å². The monoisotopic (exact) mass is 555 g/mol. The second kappa shape index (κ2) is 11.7. The van der Waals surface area contributed by atoms with Crippen molar-refractivity contribution in [1.29, 1.82) is 0 Å². The molecule has 2 aromatic carbocycles. The lowest BCUT2D eigenvalue weighted by Crippen LogP contribution is -2.57. The van der Waals surface area contributed by atoms with Crippen LogP contribution in [-0.4, -0.2) is 27.0 Å². The minimum atomic E-state index is -1.24. The average Bonchev–Trinajstić information content (AvgIpc) is 3.43. The number of halogens is 3. The van der Waals surface area contributed by atoms with Gasteiger partial charge in [-0.3, -0.25) is 24.3 Å². The third kappa shape index (κ3) is 5.67. The third-order valence-electron chi connectivity index (χ3n) is 7.55. The summed E-state index contributed by atoms with van der Waals surface area (Å²) < 4.78 is 44.7. The van der Waals surface area contributed by atoms with E-state index < -0.39 is 51.8 Å². The number of pyridine rings is 1. The molecule has 212 valence electrons. The van der Waals surface area contributed by atoms with Gasteiger partial charge in [0.15, 0.2) is 17.4 Å². The van der Waals surface area contributed by atoms with Crippen LogP contribution in [0.15, 0.2) is 53.3 Å². The van der Waals surface area contributed by atoms with E-state index in [1.165, 1.54) is 12.1 Å². The molecule has 0 unspecified atom stereocenters.